The van der Waals surface area contributed by atoms with Crippen molar-refractivity contribution in [2.75, 3.05) is 6.54 Å². The Morgan fingerprint density at radius 2 is 2.28 bits per heavy atom. The van der Waals surface area contributed by atoms with Crippen LogP contribution in [0.15, 0.2) is 18.3 Å². The molecule has 6 heteroatoms. The molecule has 0 aromatic carbocycles. The SMILES string of the molecule is CC(C)CCNC(=O)c1cn2nc(Cl)ccc2n1. The van der Waals surface area contributed by atoms with Crippen molar-refractivity contribution in [2.45, 2.75) is 20.3 Å². The predicted molar refractivity (Wildman–Crippen MR) is 69.8 cm³/mol. The molecule has 2 aromatic heterocycles. The van der Waals surface area contributed by atoms with E-state index in [0.29, 0.717) is 29.0 Å². The average molecular weight is 267 g/mol. The Morgan fingerprint density at radius 3 is 3.00 bits per heavy atom. The first-order valence-corrected chi connectivity index (χ1v) is 6.24. The van der Waals surface area contributed by atoms with Gasteiger partial charge in [0.2, 0.25) is 0 Å². The third kappa shape index (κ3) is 2.98. The molecule has 0 spiro atoms. The summed E-state index contributed by atoms with van der Waals surface area (Å²) >= 11 is 5.77. The molecule has 0 saturated heterocycles. The number of imidazole rings is 1. The van der Waals surface area contributed by atoms with Gasteiger partial charge in [-0.05, 0) is 24.5 Å². The van der Waals surface area contributed by atoms with E-state index < -0.39 is 0 Å². The van der Waals surface area contributed by atoms with Gasteiger partial charge in [0.25, 0.3) is 5.91 Å². The molecule has 96 valence electrons. The standard InChI is InChI=1S/C12H15ClN4O/c1-8(2)5-6-14-12(18)9-7-17-11(15-9)4-3-10(13)16-17/h3-4,7-8H,5-6H2,1-2H3,(H,14,18). The minimum atomic E-state index is -0.183. The van der Waals surface area contributed by atoms with Crippen molar-refractivity contribution >= 4 is 23.2 Å². The lowest BCUT2D eigenvalue weighted by molar-refractivity contribution is 0.0947. The topological polar surface area (TPSA) is 59.3 Å². The van der Waals surface area contributed by atoms with Gasteiger partial charge in [0.05, 0.1) is 6.20 Å². The van der Waals surface area contributed by atoms with Gasteiger partial charge >= 0.3 is 0 Å². The van der Waals surface area contributed by atoms with Crippen molar-refractivity contribution in [3.63, 3.8) is 0 Å². The molecule has 1 N–H and O–H groups in total. The van der Waals surface area contributed by atoms with Crippen molar-refractivity contribution in [3.05, 3.63) is 29.2 Å². The molecule has 0 unspecified atom stereocenters. The van der Waals surface area contributed by atoms with E-state index in [0.717, 1.165) is 6.42 Å². The van der Waals surface area contributed by atoms with Gasteiger partial charge in [-0.1, -0.05) is 25.4 Å². The molecule has 0 saturated carbocycles. The summed E-state index contributed by atoms with van der Waals surface area (Å²) in [6.07, 6.45) is 2.52. The van der Waals surface area contributed by atoms with E-state index in [9.17, 15) is 4.79 Å². The van der Waals surface area contributed by atoms with Crippen LogP contribution in [0.5, 0.6) is 0 Å². The van der Waals surface area contributed by atoms with E-state index >= 15 is 0 Å². The van der Waals surface area contributed by atoms with Crippen molar-refractivity contribution in [1.29, 1.82) is 0 Å². The largest absolute Gasteiger partial charge is 0.351 e. The van der Waals surface area contributed by atoms with Crippen LogP contribution in [0.25, 0.3) is 5.65 Å². The zero-order valence-electron chi connectivity index (χ0n) is 10.4. The Labute approximate surface area is 110 Å². The van der Waals surface area contributed by atoms with Crippen molar-refractivity contribution < 1.29 is 4.79 Å². The number of halogens is 1. The van der Waals surface area contributed by atoms with Crippen molar-refractivity contribution in [2.24, 2.45) is 5.92 Å². The Morgan fingerprint density at radius 1 is 1.50 bits per heavy atom. The van der Waals surface area contributed by atoms with Gasteiger partial charge < -0.3 is 5.32 Å². The van der Waals surface area contributed by atoms with Crippen LogP contribution in [-0.4, -0.2) is 27.0 Å². The highest BCUT2D eigenvalue weighted by Crippen LogP contribution is 2.08. The first-order valence-electron chi connectivity index (χ1n) is 5.86. The van der Waals surface area contributed by atoms with Crippen LogP contribution in [0, 0.1) is 5.92 Å². The van der Waals surface area contributed by atoms with Gasteiger partial charge in [-0.25, -0.2) is 9.50 Å². The second-order valence-corrected chi connectivity index (χ2v) is 4.91. The molecule has 0 fully saturated rings. The summed E-state index contributed by atoms with van der Waals surface area (Å²) in [5.41, 5.74) is 0.960. The van der Waals surface area contributed by atoms with E-state index in [-0.39, 0.29) is 5.91 Å². The molecule has 0 atom stereocenters. The molecule has 0 aliphatic heterocycles. The summed E-state index contributed by atoms with van der Waals surface area (Å²) in [6, 6.07) is 3.37. The molecule has 2 heterocycles. The van der Waals surface area contributed by atoms with Crippen LogP contribution < -0.4 is 5.32 Å². The maximum absolute atomic E-state index is 11.8. The maximum Gasteiger partial charge on any atom is 0.271 e. The predicted octanol–water partition coefficient (Wildman–Crippen LogP) is 2.16. The van der Waals surface area contributed by atoms with Gasteiger partial charge in [-0.15, -0.1) is 0 Å². The van der Waals surface area contributed by atoms with Crippen LogP contribution >= 0.6 is 11.6 Å². The van der Waals surface area contributed by atoms with Crippen LogP contribution in [0.4, 0.5) is 0 Å². The second kappa shape index (κ2) is 5.35. The molecular formula is C12H15ClN4O. The number of amides is 1. The molecule has 0 bridgehead atoms. The zero-order chi connectivity index (χ0) is 13.1. The van der Waals surface area contributed by atoms with Crippen molar-refractivity contribution in [1.82, 2.24) is 19.9 Å². The quantitative estimate of drug-likeness (QED) is 0.923. The maximum atomic E-state index is 11.8. The van der Waals surface area contributed by atoms with E-state index in [4.69, 9.17) is 11.6 Å². The molecule has 0 radical (unpaired) electrons. The smallest absolute Gasteiger partial charge is 0.271 e. The highest BCUT2D eigenvalue weighted by molar-refractivity contribution is 6.29. The summed E-state index contributed by atoms with van der Waals surface area (Å²) in [6.45, 7) is 4.88. The van der Waals surface area contributed by atoms with Crippen LogP contribution in [0.1, 0.15) is 30.8 Å². The number of hydrogen-bond donors (Lipinski definition) is 1. The van der Waals surface area contributed by atoms with E-state index in [1.807, 2.05) is 0 Å². The number of nitrogens with zero attached hydrogens (tertiary/aromatic N) is 3. The van der Waals surface area contributed by atoms with Gasteiger partial charge in [0.15, 0.2) is 5.65 Å². The molecule has 1 amide bonds. The van der Waals surface area contributed by atoms with Gasteiger partial charge in [0.1, 0.15) is 10.8 Å². The number of hydrogen-bond acceptors (Lipinski definition) is 3. The van der Waals surface area contributed by atoms with E-state index in [2.05, 4.69) is 29.2 Å². The number of nitrogens with one attached hydrogen (secondary N) is 1. The van der Waals surface area contributed by atoms with Gasteiger partial charge in [-0.3, -0.25) is 4.79 Å². The number of aromatic nitrogens is 3. The van der Waals surface area contributed by atoms with Crippen LogP contribution in [-0.2, 0) is 0 Å². The molecule has 2 rings (SSSR count). The minimum Gasteiger partial charge on any atom is -0.351 e. The summed E-state index contributed by atoms with van der Waals surface area (Å²) < 4.78 is 1.50. The Balaban J connectivity index is 2.08. The fourth-order valence-electron chi connectivity index (χ4n) is 1.53. The highest BCUT2D eigenvalue weighted by atomic mass is 35.5. The Bertz CT molecular complexity index is 564. The minimum absolute atomic E-state index is 0.183. The molecule has 0 aliphatic rings. The normalized spacial score (nSPS) is 11.1. The molecule has 0 aliphatic carbocycles. The van der Waals surface area contributed by atoms with Gasteiger partial charge in [-0.2, -0.15) is 5.10 Å². The lowest BCUT2D eigenvalue weighted by Crippen LogP contribution is -2.25. The molecule has 2 aromatic rings. The average Bonchev–Trinajstić information content (AvgIpc) is 2.71. The number of rotatable bonds is 4. The lowest BCUT2D eigenvalue weighted by atomic mass is 10.1. The fraction of sp³-hybridized carbons (Fsp3) is 0.417. The Kier molecular flexibility index (Phi) is 3.81. The summed E-state index contributed by atoms with van der Waals surface area (Å²) in [5.74, 6) is 0.379. The second-order valence-electron chi connectivity index (χ2n) is 4.52. The summed E-state index contributed by atoms with van der Waals surface area (Å²) in [4.78, 5) is 16.0. The van der Waals surface area contributed by atoms with Gasteiger partial charge in [0, 0.05) is 6.54 Å². The van der Waals surface area contributed by atoms with E-state index in [1.165, 1.54) is 4.52 Å². The highest BCUT2D eigenvalue weighted by Gasteiger charge is 2.11. The van der Waals surface area contributed by atoms with Crippen LogP contribution in [0.2, 0.25) is 5.15 Å². The van der Waals surface area contributed by atoms with Crippen molar-refractivity contribution in [3.8, 4) is 0 Å². The fourth-order valence-corrected chi connectivity index (χ4v) is 1.68. The molecular weight excluding hydrogens is 252 g/mol. The Hall–Kier alpha value is -1.62. The molecule has 5 nitrogen and oxygen atoms in total. The number of carbonyl (C=O) groups excluding carboxylic acids is 1. The molecule has 18 heavy (non-hydrogen) atoms. The summed E-state index contributed by atoms with van der Waals surface area (Å²) in [5, 5.41) is 7.22. The first kappa shape index (κ1) is 12.8. The third-order valence-corrected chi connectivity index (χ3v) is 2.73. The number of fused-ring (bicyclic) bond motifs is 1. The van der Waals surface area contributed by atoms with E-state index in [1.54, 1.807) is 18.3 Å². The first-order chi connectivity index (χ1) is 8.56. The number of carbonyl (C=O) groups is 1. The zero-order valence-corrected chi connectivity index (χ0v) is 11.1. The third-order valence-electron chi connectivity index (χ3n) is 2.53. The monoisotopic (exact) mass is 266 g/mol. The van der Waals surface area contributed by atoms with Crippen LogP contribution in [0.3, 0.4) is 0 Å². The lowest BCUT2D eigenvalue weighted by Gasteiger charge is -2.04. The summed E-state index contributed by atoms with van der Waals surface area (Å²) in [7, 11) is 0.